The number of benzene rings is 3. The van der Waals surface area contributed by atoms with Crippen molar-refractivity contribution in [3.63, 3.8) is 0 Å². The summed E-state index contributed by atoms with van der Waals surface area (Å²) in [6, 6.07) is 19.3. The number of carbonyl (C=O) groups is 1. The molecule has 0 fully saturated rings. The third kappa shape index (κ3) is 3.85. The number of urea groups is 1. The van der Waals surface area contributed by atoms with E-state index in [0.29, 0.717) is 22.0 Å². The number of fused-ring (bicyclic) bond motifs is 1. The Morgan fingerprint density at radius 3 is 2.39 bits per heavy atom. The maximum Gasteiger partial charge on any atom is 0.323 e. The van der Waals surface area contributed by atoms with Gasteiger partial charge in [0.05, 0.1) is 0 Å². The number of amides is 2. The minimum atomic E-state index is -0.434. The summed E-state index contributed by atoms with van der Waals surface area (Å²) in [5.41, 5.74) is 4.51. The summed E-state index contributed by atoms with van der Waals surface area (Å²) in [4.78, 5) is 15.5. The molecular weight excluding hydrogens is 377 g/mol. The molecular formula is C22H17ClFN3O. The first kappa shape index (κ1) is 18.1. The van der Waals surface area contributed by atoms with Crippen molar-refractivity contribution in [2.24, 2.45) is 0 Å². The van der Waals surface area contributed by atoms with Gasteiger partial charge in [-0.1, -0.05) is 29.8 Å². The lowest BCUT2D eigenvalue weighted by atomic mass is 10.1. The van der Waals surface area contributed by atoms with Crippen LogP contribution in [0.1, 0.15) is 5.56 Å². The Bertz CT molecular complexity index is 1170. The molecule has 0 unspecified atom stereocenters. The lowest BCUT2D eigenvalue weighted by Gasteiger charge is -2.09. The molecule has 0 spiro atoms. The Morgan fingerprint density at radius 1 is 0.929 bits per heavy atom. The fourth-order valence-corrected chi connectivity index (χ4v) is 3.14. The van der Waals surface area contributed by atoms with Gasteiger partial charge >= 0.3 is 6.03 Å². The van der Waals surface area contributed by atoms with Gasteiger partial charge in [-0.3, -0.25) is 0 Å². The smallest absolute Gasteiger partial charge is 0.323 e. The van der Waals surface area contributed by atoms with E-state index in [1.165, 1.54) is 6.07 Å². The number of aromatic amines is 1. The zero-order valence-corrected chi connectivity index (χ0v) is 15.8. The lowest BCUT2D eigenvalue weighted by molar-refractivity contribution is 0.262. The number of nitrogens with one attached hydrogen (secondary N) is 3. The molecule has 0 saturated carbocycles. The molecule has 140 valence electrons. The number of rotatable bonds is 3. The lowest BCUT2D eigenvalue weighted by Crippen LogP contribution is -2.19. The molecule has 0 bridgehead atoms. The van der Waals surface area contributed by atoms with Crippen molar-refractivity contribution in [1.29, 1.82) is 0 Å². The summed E-state index contributed by atoms with van der Waals surface area (Å²) in [7, 11) is 0. The van der Waals surface area contributed by atoms with Crippen LogP contribution in [0, 0.1) is 12.7 Å². The molecule has 0 atom stereocenters. The van der Waals surface area contributed by atoms with Crippen LogP contribution in [0.2, 0.25) is 5.02 Å². The van der Waals surface area contributed by atoms with Gasteiger partial charge in [0, 0.05) is 33.0 Å². The summed E-state index contributed by atoms with van der Waals surface area (Å²) in [5, 5.41) is 7.08. The van der Waals surface area contributed by atoms with Gasteiger partial charge < -0.3 is 15.6 Å². The molecule has 4 aromatic rings. The highest BCUT2D eigenvalue weighted by molar-refractivity contribution is 6.31. The molecule has 3 aromatic carbocycles. The van der Waals surface area contributed by atoms with Crippen molar-refractivity contribution in [1.82, 2.24) is 4.98 Å². The van der Waals surface area contributed by atoms with Gasteiger partial charge in [0.15, 0.2) is 0 Å². The van der Waals surface area contributed by atoms with Crippen LogP contribution in [0.3, 0.4) is 0 Å². The number of H-pyrrole nitrogens is 1. The van der Waals surface area contributed by atoms with Gasteiger partial charge in [0.2, 0.25) is 0 Å². The molecule has 1 aromatic heterocycles. The molecule has 0 aliphatic rings. The Morgan fingerprint density at radius 2 is 1.64 bits per heavy atom. The highest BCUT2D eigenvalue weighted by Crippen LogP contribution is 2.27. The molecule has 2 amide bonds. The van der Waals surface area contributed by atoms with Gasteiger partial charge in [-0.25, -0.2) is 9.18 Å². The third-order valence-electron chi connectivity index (χ3n) is 4.47. The maximum absolute atomic E-state index is 13.6. The SMILES string of the molecule is Cc1ccc(NC(=O)Nc2ccc(-c3cc4cc(Cl)ccc4[nH]3)cc2)cc1F. The summed E-state index contributed by atoms with van der Waals surface area (Å²) < 4.78 is 13.6. The van der Waals surface area contributed by atoms with Crippen LogP contribution in [0.25, 0.3) is 22.2 Å². The minimum Gasteiger partial charge on any atom is -0.355 e. The third-order valence-corrected chi connectivity index (χ3v) is 4.70. The van der Waals surface area contributed by atoms with E-state index in [0.717, 1.165) is 22.2 Å². The van der Waals surface area contributed by atoms with Gasteiger partial charge in [0.1, 0.15) is 5.82 Å². The van der Waals surface area contributed by atoms with Crippen LogP contribution in [-0.4, -0.2) is 11.0 Å². The van der Waals surface area contributed by atoms with E-state index in [-0.39, 0.29) is 5.82 Å². The monoisotopic (exact) mass is 393 g/mol. The second kappa shape index (κ2) is 7.37. The average molecular weight is 394 g/mol. The largest absolute Gasteiger partial charge is 0.355 e. The zero-order valence-electron chi connectivity index (χ0n) is 15.0. The van der Waals surface area contributed by atoms with E-state index in [1.807, 2.05) is 48.5 Å². The van der Waals surface area contributed by atoms with E-state index in [2.05, 4.69) is 15.6 Å². The Kier molecular flexibility index (Phi) is 4.75. The van der Waals surface area contributed by atoms with Crippen LogP contribution in [0.5, 0.6) is 0 Å². The first-order valence-electron chi connectivity index (χ1n) is 8.71. The van der Waals surface area contributed by atoms with E-state index in [4.69, 9.17) is 11.6 Å². The van der Waals surface area contributed by atoms with Gasteiger partial charge in [0.25, 0.3) is 0 Å². The van der Waals surface area contributed by atoms with Crippen molar-refractivity contribution in [2.45, 2.75) is 6.92 Å². The van der Waals surface area contributed by atoms with Crippen molar-refractivity contribution < 1.29 is 9.18 Å². The summed E-state index contributed by atoms with van der Waals surface area (Å²) in [6.07, 6.45) is 0. The molecule has 28 heavy (non-hydrogen) atoms. The van der Waals surface area contributed by atoms with Crippen LogP contribution < -0.4 is 10.6 Å². The van der Waals surface area contributed by atoms with E-state index < -0.39 is 6.03 Å². The molecule has 4 nitrogen and oxygen atoms in total. The van der Waals surface area contributed by atoms with Crippen LogP contribution in [0.15, 0.2) is 66.7 Å². The Balaban J connectivity index is 1.46. The predicted octanol–water partition coefficient (Wildman–Crippen LogP) is 6.58. The highest BCUT2D eigenvalue weighted by Gasteiger charge is 2.07. The van der Waals surface area contributed by atoms with Crippen molar-refractivity contribution in [3.8, 4) is 11.3 Å². The highest BCUT2D eigenvalue weighted by atomic mass is 35.5. The van der Waals surface area contributed by atoms with Crippen molar-refractivity contribution in [3.05, 3.63) is 83.1 Å². The quantitative estimate of drug-likeness (QED) is 0.361. The van der Waals surface area contributed by atoms with Crippen molar-refractivity contribution >= 4 is 39.9 Å². The second-order valence-electron chi connectivity index (χ2n) is 6.54. The number of hydrogen-bond donors (Lipinski definition) is 3. The predicted molar refractivity (Wildman–Crippen MR) is 113 cm³/mol. The molecule has 1 heterocycles. The molecule has 0 aliphatic heterocycles. The normalized spacial score (nSPS) is 10.8. The topological polar surface area (TPSA) is 56.9 Å². The molecule has 0 saturated heterocycles. The van der Waals surface area contributed by atoms with E-state index in [1.54, 1.807) is 19.1 Å². The average Bonchev–Trinajstić information content (AvgIpc) is 3.08. The summed E-state index contributed by atoms with van der Waals surface area (Å²) in [6.45, 7) is 1.67. The summed E-state index contributed by atoms with van der Waals surface area (Å²) >= 11 is 6.04. The van der Waals surface area contributed by atoms with E-state index in [9.17, 15) is 9.18 Å². The van der Waals surface area contributed by atoms with E-state index >= 15 is 0 Å². The fourth-order valence-electron chi connectivity index (χ4n) is 2.96. The van der Waals surface area contributed by atoms with Gasteiger partial charge in [-0.05, 0) is 66.6 Å². The number of aryl methyl sites for hydroxylation is 1. The molecule has 4 rings (SSSR count). The van der Waals surface area contributed by atoms with Gasteiger partial charge in [-0.2, -0.15) is 0 Å². The second-order valence-corrected chi connectivity index (χ2v) is 6.97. The van der Waals surface area contributed by atoms with Crippen LogP contribution >= 0.6 is 11.6 Å². The first-order valence-corrected chi connectivity index (χ1v) is 9.08. The number of halogens is 2. The maximum atomic E-state index is 13.6. The molecule has 0 radical (unpaired) electrons. The first-order chi connectivity index (χ1) is 13.5. The zero-order chi connectivity index (χ0) is 19.7. The number of anilines is 2. The molecule has 3 N–H and O–H groups in total. The number of carbonyl (C=O) groups excluding carboxylic acids is 1. The van der Waals surface area contributed by atoms with Crippen molar-refractivity contribution in [2.75, 3.05) is 10.6 Å². The minimum absolute atomic E-state index is 0.359. The Hall–Kier alpha value is -3.31. The number of hydrogen-bond acceptors (Lipinski definition) is 1. The Labute approximate surface area is 166 Å². The van der Waals surface area contributed by atoms with Crippen LogP contribution in [-0.2, 0) is 0 Å². The standard InChI is InChI=1S/C22H17ClFN3O/c1-13-2-6-18(12-19(13)24)26-22(28)25-17-7-3-14(4-8-17)21-11-15-10-16(23)5-9-20(15)27-21/h2-12,27H,1H3,(H2,25,26,28). The molecule has 6 heteroatoms. The number of aromatic nitrogens is 1. The fraction of sp³-hybridized carbons (Fsp3) is 0.0455. The summed E-state index contributed by atoms with van der Waals surface area (Å²) in [5.74, 6) is -0.359. The van der Waals surface area contributed by atoms with Gasteiger partial charge in [-0.15, -0.1) is 0 Å². The van der Waals surface area contributed by atoms with Crippen LogP contribution in [0.4, 0.5) is 20.6 Å². The molecule has 0 aliphatic carbocycles.